The third-order valence-corrected chi connectivity index (χ3v) is 4.49. The molecule has 1 aliphatic heterocycles. The number of thiazole rings is 1. The van der Waals surface area contributed by atoms with Crippen LogP contribution in [0.25, 0.3) is 0 Å². The number of hydrogen-bond donors (Lipinski definition) is 1. The van der Waals surface area contributed by atoms with Gasteiger partial charge in [0, 0.05) is 45.3 Å². The van der Waals surface area contributed by atoms with E-state index in [1.807, 2.05) is 0 Å². The van der Waals surface area contributed by atoms with E-state index in [1.54, 1.807) is 25.6 Å². The van der Waals surface area contributed by atoms with Gasteiger partial charge in [0.25, 0.3) is 0 Å². The summed E-state index contributed by atoms with van der Waals surface area (Å²) < 4.78 is 15.9. The van der Waals surface area contributed by atoms with Gasteiger partial charge in [0.1, 0.15) is 0 Å². The van der Waals surface area contributed by atoms with Crippen molar-refractivity contribution in [2.24, 2.45) is 0 Å². The molecule has 1 unspecified atom stereocenters. The van der Waals surface area contributed by atoms with Crippen molar-refractivity contribution in [3.63, 3.8) is 0 Å². The highest BCUT2D eigenvalue weighted by atomic mass is 32.1. The zero-order valence-electron chi connectivity index (χ0n) is 13.1. The molecule has 2 heterocycles. The van der Waals surface area contributed by atoms with E-state index in [4.69, 9.17) is 19.2 Å². The van der Waals surface area contributed by atoms with Gasteiger partial charge in [-0.25, -0.2) is 4.98 Å². The van der Waals surface area contributed by atoms with Crippen molar-refractivity contribution in [1.29, 1.82) is 0 Å². The maximum atomic E-state index is 5.59. The van der Waals surface area contributed by atoms with Crippen LogP contribution in [-0.4, -0.2) is 58.2 Å². The van der Waals surface area contributed by atoms with Crippen molar-refractivity contribution < 1.29 is 14.2 Å². The lowest BCUT2D eigenvalue weighted by atomic mass is 10.3. The van der Waals surface area contributed by atoms with E-state index < -0.39 is 0 Å². The molecule has 1 aromatic heterocycles. The second-order valence-corrected chi connectivity index (χ2v) is 6.16. The van der Waals surface area contributed by atoms with Crippen molar-refractivity contribution in [3.05, 3.63) is 10.6 Å². The Kier molecular flexibility index (Phi) is 6.85. The zero-order chi connectivity index (χ0) is 15.1. The van der Waals surface area contributed by atoms with Gasteiger partial charge in [0.2, 0.25) is 0 Å². The molecular weight excluding hydrogens is 290 g/mol. The molecule has 1 aromatic rings. The maximum Gasteiger partial charge on any atom is 0.186 e. The minimum absolute atomic E-state index is 0.261. The Morgan fingerprint density at radius 2 is 2.29 bits per heavy atom. The highest BCUT2D eigenvalue weighted by molar-refractivity contribution is 7.15. The van der Waals surface area contributed by atoms with Crippen LogP contribution in [0.3, 0.4) is 0 Å². The summed E-state index contributed by atoms with van der Waals surface area (Å²) in [5.74, 6) is 0. The summed E-state index contributed by atoms with van der Waals surface area (Å²) in [6.45, 7) is 7.58. The molecule has 0 aliphatic carbocycles. The highest BCUT2D eigenvalue weighted by Crippen LogP contribution is 2.28. The minimum Gasteiger partial charge on any atom is -0.383 e. The summed E-state index contributed by atoms with van der Waals surface area (Å²) in [7, 11) is 3.42. The van der Waals surface area contributed by atoms with Crippen LogP contribution in [0.4, 0.5) is 5.13 Å². The molecule has 0 saturated carbocycles. The molecule has 1 N–H and O–H groups in total. The summed E-state index contributed by atoms with van der Waals surface area (Å²) in [5.41, 5.74) is 1.03. The molecule has 0 aromatic carbocycles. The fourth-order valence-electron chi connectivity index (χ4n) is 2.26. The summed E-state index contributed by atoms with van der Waals surface area (Å²) in [4.78, 5) is 8.29. The number of morpholine rings is 1. The molecule has 0 radical (unpaired) electrons. The first-order valence-corrected chi connectivity index (χ1v) is 8.10. The summed E-state index contributed by atoms with van der Waals surface area (Å²) >= 11 is 1.74. The van der Waals surface area contributed by atoms with E-state index in [0.717, 1.165) is 43.6 Å². The molecule has 2 rings (SSSR count). The lowest BCUT2D eigenvalue weighted by molar-refractivity contribution is 0.0532. The molecule has 7 heteroatoms. The Labute approximate surface area is 130 Å². The van der Waals surface area contributed by atoms with Gasteiger partial charge in [-0.3, -0.25) is 0 Å². The van der Waals surface area contributed by atoms with Crippen LogP contribution in [0.15, 0.2) is 0 Å². The Bertz CT molecular complexity index is 428. The van der Waals surface area contributed by atoms with E-state index in [0.29, 0.717) is 13.2 Å². The third kappa shape index (κ3) is 4.89. The third-order valence-electron chi connectivity index (χ3n) is 3.33. The Morgan fingerprint density at radius 1 is 1.43 bits per heavy atom. The molecule has 120 valence electrons. The normalized spacial score (nSPS) is 19.2. The average Bonchev–Trinajstić information content (AvgIpc) is 2.87. The van der Waals surface area contributed by atoms with Gasteiger partial charge in [-0.05, 0) is 6.92 Å². The van der Waals surface area contributed by atoms with Crippen LogP contribution < -0.4 is 10.2 Å². The first-order chi connectivity index (χ1) is 10.2. The lowest BCUT2D eigenvalue weighted by Gasteiger charge is -2.30. The number of ether oxygens (including phenoxy) is 3. The Balaban J connectivity index is 2.01. The van der Waals surface area contributed by atoms with Gasteiger partial charge in [-0.2, -0.15) is 0 Å². The van der Waals surface area contributed by atoms with Gasteiger partial charge in [0.15, 0.2) is 5.13 Å². The number of aromatic nitrogens is 1. The molecule has 21 heavy (non-hydrogen) atoms. The van der Waals surface area contributed by atoms with Gasteiger partial charge in [-0.1, -0.05) is 0 Å². The predicted octanol–water partition coefficient (Wildman–Crippen LogP) is 1.25. The van der Waals surface area contributed by atoms with E-state index in [1.165, 1.54) is 4.88 Å². The lowest BCUT2D eigenvalue weighted by Crippen LogP contribution is -2.41. The molecule has 0 spiro atoms. The summed E-state index contributed by atoms with van der Waals surface area (Å²) in [6.07, 6.45) is 0.261. The standard InChI is InChI=1S/C14H25N3O3S/c1-11-9-17(5-7-20-11)14-16-12(10-19-3)13(21-14)8-15-4-6-18-2/h11,15H,4-10H2,1-3H3. The predicted molar refractivity (Wildman–Crippen MR) is 84.0 cm³/mol. The van der Waals surface area contributed by atoms with E-state index in [2.05, 4.69) is 17.1 Å². The summed E-state index contributed by atoms with van der Waals surface area (Å²) in [5, 5.41) is 4.44. The monoisotopic (exact) mass is 315 g/mol. The van der Waals surface area contributed by atoms with Crippen LogP contribution >= 0.6 is 11.3 Å². The van der Waals surface area contributed by atoms with Crippen molar-refractivity contribution in [2.75, 3.05) is 52.0 Å². The van der Waals surface area contributed by atoms with Crippen molar-refractivity contribution >= 4 is 16.5 Å². The van der Waals surface area contributed by atoms with Crippen molar-refractivity contribution in [3.8, 4) is 0 Å². The Morgan fingerprint density at radius 3 is 3.00 bits per heavy atom. The number of rotatable bonds is 8. The van der Waals surface area contributed by atoms with Gasteiger partial charge < -0.3 is 24.4 Å². The van der Waals surface area contributed by atoms with Crippen LogP contribution in [-0.2, 0) is 27.4 Å². The van der Waals surface area contributed by atoms with E-state index >= 15 is 0 Å². The number of hydrogen-bond acceptors (Lipinski definition) is 7. The molecule has 0 bridgehead atoms. The topological polar surface area (TPSA) is 55.9 Å². The number of nitrogens with one attached hydrogen (secondary N) is 1. The molecular formula is C14H25N3O3S. The first kappa shape index (κ1) is 16.6. The van der Waals surface area contributed by atoms with Crippen LogP contribution in [0.1, 0.15) is 17.5 Å². The highest BCUT2D eigenvalue weighted by Gasteiger charge is 2.21. The molecule has 6 nitrogen and oxygen atoms in total. The number of nitrogens with zero attached hydrogens (tertiary/aromatic N) is 2. The van der Waals surface area contributed by atoms with Gasteiger partial charge >= 0.3 is 0 Å². The van der Waals surface area contributed by atoms with Crippen LogP contribution in [0.2, 0.25) is 0 Å². The van der Waals surface area contributed by atoms with Crippen molar-refractivity contribution in [1.82, 2.24) is 10.3 Å². The largest absolute Gasteiger partial charge is 0.383 e. The second kappa shape index (κ2) is 8.65. The quantitative estimate of drug-likeness (QED) is 0.729. The molecule has 1 aliphatic rings. The van der Waals surface area contributed by atoms with Gasteiger partial charge in [0.05, 0.1) is 31.6 Å². The maximum absolute atomic E-state index is 5.59. The fraction of sp³-hybridized carbons (Fsp3) is 0.786. The summed E-state index contributed by atoms with van der Waals surface area (Å²) in [6, 6.07) is 0. The molecule has 1 saturated heterocycles. The molecule has 1 atom stereocenters. The SMILES string of the molecule is COCCNCc1sc(N2CCOC(C)C2)nc1COC. The smallest absolute Gasteiger partial charge is 0.186 e. The average molecular weight is 315 g/mol. The fourth-order valence-corrected chi connectivity index (χ4v) is 3.33. The minimum atomic E-state index is 0.261. The van der Waals surface area contributed by atoms with Crippen LogP contribution in [0.5, 0.6) is 0 Å². The first-order valence-electron chi connectivity index (χ1n) is 7.28. The van der Waals surface area contributed by atoms with Crippen LogP contribution in [0, 0.1) is 0 Å². The molecule has 0 amide bonds. The van der Waals surface area contributed by atoms with Gasteiger partial charge in [-0.15, -0.1) is 11.3 Å². The number of methoxy groups -OCH3 is 2. The number of anilines is 1. The Hall–Kier alpha value is -0.730. The second-order valence-electron chi connectivity index (χ2n) is 5.10. The molecule has 1 fully saturated rings. The van der Waals surface area contributed by atoms with E-state index in [-0.39, 0.29) is 6.10 Å². The zero-order valence-corrected chi connectivity index (χ0v) is 13.9. The van der Waals surface area contributed by atoms with E-state index in [9.17, 15) is 0 Å². The van der Waals surface area contributed by atoms with Crippen molar-refractivity contribution in [2.45, 2.75) is 26.2 Å².